The molecule has 0 saturated heterocycles. The van der Waals surface area contributed by atoms with Gasteiger partial charge in [0.15, 0.2) is 10.7 Å². The molecular weight excluding hydrogens is 294 g/mol. The molecule has 0 aliphatic heterocycles. The first-order chi connectivity index (χ1) is 10.8. The number of nitrogen functional groups attached to an aromatic ring is 1. The number of nitrogens with two attached hydrogens (primary N) is 1. The van der Waals surface area contributed by atoms with Crippen molar-refractivity contribution in [3.05, 3.63) is 53.6 Å². The Morgan fingerprint density at radius 1 is 1.18 bits per heavy atom. The van der Waals surface area contributed by atoms with Gasteiger partial charge in [0.25, 0.3) is 0 Å². The monoisotopic (exact) mass is 309 g/mol. The molecule has 0 saturated carbocycles. The molecule has 4 rings (SSSR count). The summed E-state index contributed by atoms with van der Waals surface area (Å²) in [6.45, 7) is 2.15. The van der Waals surface area contributed by atoms with Gasteiger partial charge in [-0.15, -0.1) is 11.3 Å². The van der Waals surface area contributed by atoms with Crippen LogP contribution in [0.4, 0.5) is 5.82 Å². The molecule has 0 fully saturated rings. The van der Waals surface area contributed by atoms with E-state index in [4.69, 9.17) is 10.2 Å². The molecule has 1 aromatic carbocycles. The second-order valence-corrected chi connectivity index (χ2v) is 6.10. The molecule has 0 unspecified atom stereocenters. The minimum absolute atomic E-state index is 0.625. The van der Waals surface area contributed by atoms with Crippen LogP contribution in [-0.2, 0) is 6.42 Å². The molecule has 3 heterocycles. The number of benzene rings is 1. The van der Waals surface area contributed by atoms with E-state index in [1.165, 1.54) is 4.88 Å². The largest absolute Gasteiger partial charge is 0.463 e. The average Bonchev–Trinajstić information content (AvgIpc) is 3.24. The summed E-state index contributed by atoms with van der Waals surface area (Å²) in [6, 6.07) is 14.0. The van der Waals surface area contributed by atoms with E-state index >= 15 is 0 Å². The van der Waals surface area contributed by atoms with Crippen molar-refractivity contribution in [2.75, 3.05) is 5.73 Å². The lowest BCUT2D eigenvalue weighted by Gasteiger charge is -2.05. The first-order valence-corrected chi connectivity index (χ1v) is 8.00. The summed E-state index contributed by atoms with van der Waals surface area (Å²) >= 11 is 1.68. The number of thiazole rings is 1. The van der Waals surface area contributed by atoms with Crippen molar-refractivity contribution >= 4 is 22.1 Å². The molecular formula is C17H15N3OS. The summed E-state index contributed by atoms with van der Waals surface area (Å²) in [5, 5.41) is 0. The molecule has 4 nitrogen and oxygen atoms in total. The number of nitrogens with zero attached hydrogens (tertiary/aromatic N) is 2. The highest BCUT2D eigenvalue weighted by Crippen LogP contribution is 2.38. The van der Waals surface area contributed by atoms with E-state index in [0.717, 1.165) is 22.6 Å². The number of aromatic nitrogens is 2. The van der Waals surface area contributed by atoms with Crippen molar-refractivity contribution in [2.24, 2.45) is 0 Å². The van der Waals surface area contributed by atoms with Crippen LogP contribution in [0.5, 0.6) is 0 Å². The van der Waals surface area contributed by atoms with Crippen LogP contribution >= 0.6 is 11.3 Å². The number of aryl methyl sites for hydroxylation is 1. The van der Waals surface area contributed by atoms with Gasteiger partial charge in [-0.1, -0.05) is 37.3 Å². The molecule has 3 aromatic heterocycles. The molecule has 0 radical (unpaired) electrons. The van der Waals surface area contributed by atoms with Crippen LogP contribution in [0.3, 0.4) is 0 Å². The van der Waals surface area contributed by atoms with Crippen LogP contribution in [-0.4, -0.2) is 9.38 Å². The molecule has 5 heteroatoms. The highest BCUT2D eigenvalue weighted by molar-refractivity contribution is 7.17. The molecule has 0 aliphatic rings. The minimum atomic E-state index is 0.625. The van der Waals surface area contributed by atoms with Gasteiger partial charge in [0.2, 0.25) is 0 Å². The van der Waals surface area contributed by atoms with Gasteiger partial charge in [-0.25, -0.2) is 4.98 Å². The zero-order valence-corrected chi connectivity index (χ0v) is 12.9. The van der Waals surface area contributed by atoms with Crippen LogP contribution < -0.4 is 5.73 Å². The second-order valence-electron chi connectivity index (χ2n) is 5.03. The van der Waals surface area contributed by atoms with Gasteiger partial charge in [-0.3, -0.25) is 4.40 Å². The van der Waals surface area contributed by atoms with E-state index in [0.29, 0.717) is 17.3 Å². The quantitative estimate of drug-likeness (QED) is 0.607. The fourth-order valence-corrected chi connectivity index (χ4v) is 3.79. The molecule has 0 atom stereocenters. The first kappa shape index (κ1) is 13.2. The van der Waals surface area contributed by atoms with Crippen molar-refractivity contribution in [3.63, 3.8) is 0 Å². The van der Waals surface area contributed by atoms with Crippen LogP contribution in [0, 0.1) is 0 Å². The third kappa shape index (κ3) is 1.86. The van der Waals surface area contributed by atoms with Crippen LogP contribution in [0.25, 0.3) is 27.7 Å². The standard InChI is InChI=1S/C17H15N3OS/c1-2-13-15(11-7-4-3-5-8-11)20-16(18)14(19-17(20)22-13)12-9-6-10-21-12/h3-10H,2,18H2,1H3. The molecule has 4 aromatic rings. The maximum Gasteiger partial charge on any atom is 0.196 e. The van der Waals surface area contributed by atoms with E-state index in [1.807, 2.05) is 34.7 Å². The highest BCUT2D eigenvalue weighted by atomic mass is 32.1. The molecule has 0 spiro atoms. The second kappa shape index (κ2) is 5.03. The molecule has 2 N–H and O–H groups in total. The zero-order chi connectivity index (χ0) is 15.1. The molecule has 0 aliphatic carbocycles. The molecule has 0 bridgehead atoms. The topological polar surface area (TPSA) is 56.5 Å². The summed E-state index contributed by atoms with van der Waals surface area (Å²) in [4.78, 5) is 6.86. The number of fused-ring (bicyclic) bond motifs is 1. The molecule has 0 amide bonds. The number of hydrogen-bond acceptors (Lipinski definition) is 4. The third-order valence-corrected chi connectivity index (χ3v) is 4.89. The van der Waals surface area contributed by atoms with Gasteiger partial charge in [0.1, 0.15) is 11.5 Å². The summed E-state index contributed by atoms with van der Waals surface area (Å²) < 4.78 is 7.49. The lowest BCUT2D eigenvalue weighted by Crippen LogP contribution is -1.96. The number of furan rings is 1. The highest BCUT2D eigenvalue weighted by Gasteiger charge is 2.21. The lowest BCUT2D eigenvalue weighted by molar-refractivity contribution is 0.581. The van der Waals surface area contributed by atoms with Crippen molar-refractivity contribution in [2.45, 2.75) is 13.3 Å². The van der Waals surface area contributed by atoms with E-state index in [2.05, 4.69) is 24.0 Å². The van der Waals surface area contributed by atoms with E-state index in [-0.39, 0.29) is 0 Å². The van der Waals surface area contributed by atoms with E-state index < -0.39 is 0 Å². The summed E-state index contributed by atoms with van der Waals surface area (Å²) in [6.07, 6.45) is 2.59. The SMILES string of the molecule is CCc1sc2nc(-c3ccco3)c(N)n2c1-c1ccccc1. The summed E-state index contributed by atoms with van der Waals surface area (Å²) in [5.74, 6) is 1.32. The molecule has 22 heavy (non-hydrogen) atoms. The normalized spacial score (nSPS) is 11.3. The van der Waals surface area contributed by atoms with Crippen LogP contribution in [0.1, 0.15) is 11.8 Å². The Balaban J connectivity index is 2.02. The Morgan fingerprint density at radius 2 is 2.00 bits per heavy atom. The van der Waals surface area contributed by atoms with Crippen molar-refractivity contribution in [1.82, 2.24) is 9.38 Å². The zero-order valence-electron chi connectivity index (χ0n) is 12.1. The summed E-state index contributed by atoms with van der Waals surface area (Å²) in [5.41, 5.74) is 9.37. The Labute approximate surface area is 131 Å². The smallest absolute Gasteiger partial charge is 0.196 e. The fourth-order valence-electron chi connectivity index (χ4n) is 2.70. The molecule has 110 valence electrons. The lowest BCUT2D eigenvalue weighted by atomic mass is 10.1. The predicted molar refractivity (Wildman–Crippen MR) is 90.0 cm³/mol. The predicted octanol–water partition coefficient (Wildman–Crippen LogP) is 4.47. The fraction of sp³-hybridized carbons (Fsp3) is 0.118. The van der Waals surface area contributed by atoms with Gasteiger partial charge in [-0.05, 0) is 24.1 Å². The number of imidazole rings is 1. The number of hydrogen-bond donors (Lipinski definition) is 1. The Bertz CT molecular complexity index is 920. The Hall–Kier alpha value is -2.53. The third-order valence-electron chi connectivity index (χ3n) is 3.71. The van der Waals surface area contributed by atoms with Crippen molar-refractivity contribution in [1.29, 1.82) is 0 Å². The van der Waals surface area contributed by atoms with Gasteiger partial charge >= 0.3 is 0 Å². The van der Waals surface area contributed by atoms with Gasteiger partial charge in [-0.2, -0.15) is 0 Å². The van der Waals surface area contributed by atoms with Crippen LogP contribution in [0.15, 0.2) is 53.1 Å². The maximum atomic E-state index is 6.38. The van der Waals surface area contributed by atoms with Gasteiger partial charge in [0, 0.05) is 4.88 Å². The van der Waals surface area contributed by atoms with E-state index in [9.17, 15) is 0 Å². The van der Waals surface area contributed by atoms with Gasteiger partial charge < -0.3 is 10.2 Å². The van der Waals surface area contributed by atoms with E-state index in [1.54, 1.807) is 17.6 Å². The van der Waals surface area contributed by atoms with Crippen molar-refractivity contribution < 1.29 is 4.42 Å². The Morgan fingerprint density at radius 3 is 2.68 bits per heavy atom. The minimum Gasteiger partial charge on any atom is -0.463 e. The Kier molecular flexibility index (Phi) is 3.01. The number of anilines is 1. The summed E-state index contributed by atoms with van der Waals surface area (Å²) in [7, 11) is 0. The number of rotatable bonds is 3. The maximum absolute atomic E-state index is 6.38. The van der Waals surface area contributed by atoms with Crippen LogP contribution in [0.2, 0.25) is 0 Å². The van der Waals surface area contributed by atoms with Crippen molar-refractivity contribution in [3.8, 4) is 22.7 Å². The van der Waals surface area contributed by atoms with Gasteiger partial charge in [0.05, 0.1) is 12.0 Å². The first-order valence-electron chi connectivity index (χ1n) is 7.18. The average molecular weight is 309 g/mol.